The summed E-state index contributed by atoms with van der Waals surface area (Å²) in [6.07, 6.45) is 8.34. The third-order valence-electron chi connectivity index (χ3n) is 7.70. The van der Waals surface area contributed by atoms with Crippen LogP contribution in [0.2, 0.25) is 0 Å². The molecule has 3 aromatic rings. The first kappa shape index (κ1) is 18.6. The predicted octanol–water partition coefficient (Wildman–Crippen LogP) is 2.06. The minimum Gasteiger partial charge on any atom is -0.392 e. The smallest absolute Gasteiger partial charge is 0.274 e. The zero-order valence-corrected chi connectivity index (χ0v) is 19.5. The highest BCUT2D eigenvalue weighted by Crippen LogP contribution is 2.54. The van der Waals surface area contributed by atoms with Gasteiger partial charge >= 0.3 is 0 Å². The van der Waals surface area contributed by atoms with Crippen LogP contribution in [0.15, 0.2) is 40.4 Å². The SMILES string of the molecule is [2H]C([2H])([2H])n1cc(-c2cc(S(=O)(=O)N3CC[C@H](O)C3)cnc2N2CCC3(CC2)CC3)c2cc[nH]c2c1=O. The zero-order valence-electron chi connectivity index (χ0n) is 21.7. The number of pyridine rings is 2. The molecule has 0 unspecified atom stereocenters. The quantitative estimate of drug-likeness (QED) is 0.584. The molecule has 0 aromatic carbocycles. The van der Waals surface area contributed by atoms with Crippen LogP contribution in [-0.4, -0.2) is 64.6 Å². The molecule has 1 atom stereocenters. The second-order valence-electron chi connectivity index (χ2n) is 9.82. The molecule has 3 aliphatic rings. The molecule has 2 N–H and O–H groups in total. The fraction of sp³-hybridized carbons (Fsp3) is 0.500. The lowest BCUT2D eigenvalue weighted by Crippen LogP contribution is -2.35. The molecule has 0 radical (unpaired) electrons. The molecule has 0 bridgehead atoms. The summed E-state index contributed by atoms with van der Waals surface area (Å²) in [6.45, 7) is -0.975. The van der Waals surface area contributed by atoms with Crippen molar-refractivity contribution in [3.63, 3.8) is 0 Å². The van der Waals surface area contributed by atoms with Gasteiger partial charge in [-0.3, -0.25) is 4.79 Å². The van der Waals surface area contributed by atoms with Gasteiger partial charge in [-0.05, 0) is 49.7 Å². The van der Waals surface area contributed by atoms with Gasteiger partial charge in [-0.25, -0.2) is 13.4 Å². The molecule has 2 saturated heterocycles. The van der Waals surface area contributed by atoms with Crippen molar-refractivity contribution in [1.29, 1.82) is 0 Å². The van der Waals surface area contributed by atoms with Crippen LogP contribution in [-0.2, 0) is 17.0 Å². The van der Waals surface area contributed by atoms with Gasteiger partial charge in [0, 0.05) is 72.4 Å². The summed E-state index contributed by atoms with van der Waals surface area (Å²) < 4.78 is 52.6. The van der Waals surface area contributed by atoms with E-state index in [1.807, 2.05) is 0 Å². The Morgan fingerprint density at radius 3 is 2.68 bits per heavy atom. The van der Waals surface area contributed by atoms with Crippen LogP contribution in [0.4, 0.5) is 5.82 Å². The van der Waals surface area contributed by atoms with Crippen molar-refractivity contribution in [2.75, 3.05) is 31.1 Å². The summed E-state index contributed by atoms with van der Waals surface area (Å²) in [6, 6.07) is 3.22. The second-order valence-corrected chi connectivity index (χ2v) is 11.8. The third kappa shape index (κ3) is 3.47. The molecular weight excluding hydrogens is 454 g/mol. The third-order valence-corrected chi connectivity index (χ3v) is 9.53. The number of nitrogens with one attached hydrogen (secondary N) is 1. The van der Waals surface area contributed by atoms with Crippen LogP contribution in [0, 0.1) is 5.41 Å². The Bertz CT molecular complexity index is 1530. The number of piperidine rings is 1. The molecule has 9 nitrogen and oxygen atoms in total. The zero-order chi connectivity index (χ0) is 26.2. The second kappa shape index (κ2) is 7.66. The molecule has 6 rings (SSSR count). The van der Waals surface area contributed by atoms with Gasteiger partial charge < -0.3 is 19.6 Å². The molecule has 34 heavy (non-hydrogen) atoms. The van der Waals surface area contributed by atoms with Crippen LogP contribution in [0.25, 0.3) is 22.0 Å². The summed E-state index contributed by atoms with van der Waals surface area (Å²) in [5, 5.41) is 10.4. The standard InChI is InChI=1S/C24H29N5O4S/c1-27-15-20(18-2-8-25-21(18)23(27)31)19-12-17(34(32,33)29-9-3-16(30)14-29)13-26-22(19)28-10-6-24(4-5-24)7-11-28/h2,8,12-13,15-16,25,30H,3-7,9-11,14H2,1H3/t16-/m0/s1/i1D3. The summed E-state index contributed by atoms with van der Waals surface area (Å²) in [5.74, 6) is 0.564. The van der Waals surface area contributed by atoms with E-state index in [0.29, 0.717) is 38.7 Å². The number of anilines is 1. The number of nitrogens with zero attached hydrogens (tertiary/aromatic N) is 4. The highest BCUT2D eigenvalue weighted by molar-refractivity contribution is 7.89. The lowest BCUT2D eigenvalue weighted by atomic mass is 9.93. The summed E-state index contributed by atoms with van der Waals surface area (Å²) in [7, 11) is -3.94. The van der Waals surface area contributed by atoms with Crippen molar-refractivity contribution in [2.24, 2.45) is 12.4 Å². The highest BCUT2D eigenvalue weighted by atomic mass is 32.2. The Kier molecular flexibility index (Phi) is 4.19. The number of aromatic amines is 1. The monoisotopic (exact) mass is 486 g/mol. The number of hydrogen-bond donors (Lipinski definition) is 2. The van der Waals surface area contributed by atoms with E-state index < -0.39 is 28.7 Å². The number of rotatable bonds is 4. The maximum atomic E-state index is 13.4. The molecule has 5 heterocycles. The molecule has 3 aromatic heterocycles. The number of aliphatic hydroxyl groups is 1. The predicted molar refractivity (Wildman–Crippen MR) is 129 cm³/mol. The number of aryl methyl sites for hydroxylation is 1. The Balaban J connectivity index is 1.54. The van der Waals surface area contributed by atoms with E-state index in [0.717, 1.165) is 25.9 Å². The lowest BCUT2D eigenvalue weighted by molar-refractivity contribution is 0.189. The van der Waals surface area contributed by atoms with Gasteiger partial charge in [0.1, 0.15) is 16.2 Å². The van der Waals surface area contributed by atoms with Gasteiger partial charge in [-0.15, -0.1) is 0 Å². The maximum Gasteiger partial charge on any atom is 0.274 e. The minimum atomic E-state index is -3.94. The Morgan fingerprint density at radius 2 is 2.00 bits per heavy atom. The van der Waals surface area contributed by atoms with E-state index in [2.05, 4.69) is 14.9 Å². The van der Waals surface area contributed by atoms with Crippen molar-refractivity contribution in [1.82, 2.24) is 18.8 Å². The van der Waals surface area contributed by atoms with Crippen molar-refractivity contribution in [3.05, 3.63) is 41.1 Å². The Hall–Kier alpha value is -2.69. The van der Waals surface area contributed by atoms with Gasteiger partial charge in [0.05, 0.1) is 6.10 Å². The van der Waals surface area contributed by atoms with Gasteiger partial charge in [0.2, 0.25) is 10.0 Å². The number of sulfonamides is 1. The number of fused-ring (bicyclic) bond motifs is 1. The normalized spacial score (nSPS) is 24.3. The Labute approximate surface area is 202 Å². The van der Waals surface area contributed by atoms with Gasteiger partial charge in [-0.1, -0.05) is 0 Å². The fourth-order valence-electron chi connectivity index (χ4n) is 5.34. The topological polar surface area (TPSA) is 112 Å². The molecule has 0 amide bonds. The van der Waals surface area contributed by atoms with Crippen LogP contribution >= 0.6 is 0 Å². The number of hydrogen-bond acceptors (Lipinski definition) is 6. The Morgan fingerprint density at radius 1 is 1.21 bits per heavy atom. The lowest BCUT2D eigenvalue weighted by Gasteiger charge is -2.34. The minimum absolute atomic E-state index is 0.0135. The van der Waals surface area contributed by atoms with E-state index in [4.69, 9.17) is 4.11 Å². The summed E-state index contributed by atoms with van der Waals surface area (Å²) in [5.41, 5.74) is 0.738. The molecule has 3 fully saturated rings. The van der Waals surface area contributed by atoms with Crippen LogP contribution in [0.3, 0.4) is 0 Å². The van der Waals surface area contributed by atoms with Gasteiger partial charge in [0.15, 0.2) is 0 Å². The van der Waals surface area contributed by atoms with E-state index >= 15 is 0 Å². The van der Waals surface area contributed by atoms with Crippen molar-refractivity contribution < 1.29 is 17.6 Å². The molecule has 2 aliphatic heterocycles. The average Bonchev–Trinajstić information content (AvgIpc) is 3.21. The average molecular weight is 487 g/mol. The molecule has 1 aliphatic carbocycles. The summed E-state index contributed by atoms with van der Waals surface area (Å²) >= 11 is 0. The fourth-order valence-corrected chi connectivity index (χ4v) is 6.81. The van der Waals surface area contributed by atoms with E-state index in [9.17, 15) is 18.3 Å². The molecular formula is C24H29N5O4S. The molecule has 1 saturated carbocycles. The molecule has 1 spiro atoms. The largest absolute Gasteiger partial charge is 0.392 e. The van der Waals surface area contributed by atoms with E-state index in [1.54, 1.807) is 12.3 Å². The maximum absolute atomic E-state index is 13.4. The van der Waals surface area contributed by atoms with E-state index in [1.165, 1.54) is 35.6 Å². The van der Waals surface area contributed by atoms with Gasteiger partial charge in [0.25, 0.3) is 5.56 Å². The number of H-pyrrole nitrogens is 1. The first-order valence-corrected chi connectivity index (χ1v) is 13.1. The number of β-amino-alcohol motifs (C(OH)–C–C–N with tert-alkyl or cyclic N) is 1. The van der Waals surface area contributed by atoms with Crippen molar-refractivity contribution >= 4 is 26.7 Å². The van der Waals surface area contributed by atoms with Crippen LogP contribution < -0.4 is 10.5 Å². The first-order chi connectivity index (χ1) is 17.5. The molecule has 180 valence electrons. The highest BCUT2D eigenvalue weighted by Gasteiger charge is 2.45. The van der Waals surface area contributed by atoms with Crippen molar-refractivity contribution in [3.8, 4) is 11.1 Å². The van der Waals surface area contributed by atoms with E-state index in [-0.39, 0.29) is 23.5 Å². The van der Waals surface area contributed by atoms with Crippen LogP contribution in [0.5, 0.6) is 0 Å². The number of aliphatic hydroxyl groups excluding tert-OH is 1. The van der Waals surface area contributed by atoms with Crippen LogP contribution in [0.1, 0.15) is 36.2 Å². The first-order valence-electron chi connectivity index (χ1n) is 13.2. The van der Waals surface area contributed by atoms with Gasteiger partial charge in [-0.2, -0.15) is 4.31 Å². The van der Waals surface area contributed by atoms with Crippen molar-refractivity contribution in [2.45, 2.75) is 43.1 Å². The number of aromatic nitrogens is 3. The molecule has 10 heteroatoms. The summed E-state index contributed by atoms with van der Waals surface area (Å²) in [4.78, 5) is 22.5.